The van der Waals surface area contributed by atoms with E-state index < -0.39 is 0 Å². The summed E-state index contributed by atoms with van der Waals surface area (Å²) in [4.78, 5) is 13.1. The minimum absolute atomic E-state index is 0.0160. The molecule has 2 rings (SSSR count). The second-order valence-corrected chi connectivity index (χ2v) is 5.91. The highest BCUT2D eigenvalue weighted by Crippen LogP contribution is 2.15. The number of hydrogen-bond donors (Lipinski definition) is 2. The number of ether oxygens (including phenoxy) is 1. The van der Waals surface area contributed by atoms with Crippen LogP contribution < -0.4 is 15.0 Å². The first-order chi connectivity index (χ1) is 11.0. The lowest BCUT2D eigenvalue weighted by Gasteiger charge is -2.15. The number of anilines is 1. The third-order valence-electron chi connectivity index (χ3n) is 3.68. The van der Waals surface area contributed by atoms with Crippen molar-refractivity contribution in [3.63, 3.8) is 0 Å². The van der Waals surface area contributed by atoms with Gasteiger partial charge in [0.2, 0.25) is 0 Å². The summed E-state index contributed by atoms with van der Waals surface area (Å²) in [7, 11) is 2.00. The van der Waals surface area contributed by atoms with E-state index in [9.17, 15) is 4.79 Å². The first kappa shape index (κ1) is 17.0. The van der Waals surface area contributed by atoms with Gasteiger partial charge in [-0.15, -0.1) is 0 Å². The number of rotatable bonds is 7. The van der Waals surface area contributed by atoms with E-state index in [4.69, 9.17) is 4.74 Å². The molecular weight excluding hydrogens is 288 g/mol. The van der Waals surface area contributed by atoms with Crippen molar-refractivity contribution in [2.45, 2.75) is 13.8 Å². The van der Waals surface area contributed by atoms with Crippen molar-refractivity contribution in [2.75, 3.05) is 32.1 Å². The standard InChI is InChI=1S/C19H24N2O2/c1-15-8-10-17(11-9-15)20-19(22)14-21(3)12-13-23-18-7-5-4-6-16(18)2/h4-11H,12-14H2,1-3H3,(H,20,22)/p+1. The van der Waals surface area contributed by atoms with Crippen molar-refractivity contribution in [1.82, 2.24) is 0 Å². The first-order valence-corrected chi connectivity index (χ1v) is 7.91. The van der Waals surface area contributed by atoms with E-state index in [1.54, 1.807) is 0 Å². The third kappa shape index (κ3) is 5.75. The van der Waals surface area contributed by atoms with Gasteiger partial charge in [0.25, 0.3) is 5.91 Å². The van der Waals surface area contributed by atoms with Crippen LogP contribution in [-0.2, 0) is 4.79 Å². The normalized spacial score (nSPS) is 11.8. The zero-order chi connectivity index (χ0) is 16.7. The van der Waals surface area contributed by atoms with Gasteiger partial charge in [-0.25, -0.2) is 0 Å². The predicted octanol–water partition coefficient (Wildman–Crippen LogP) is 1.84. The minimum atomic E-state index is 0.0160. The number of aryl methyl sites for hydroxylation is 2. The van der Waals surface area contributed by atoms with Gasteiger partial charge in [0.1, 0.15) is 18.9 Å². The van der Waals surface area contributed by atoms with Gasteiger partial charge in [-0.05, 0) is 37.6 Å². The molecule has 0 aromatic heterocycles. The SMILES string of the molecule is Cc1ccc(NC(=O)C[NH+](C)CCOc2ccccc2C)cc1. The van der Waals surface area contributed by atoms with Gasteiger partial charge in [0, 0.05) is 5.69 Å². The molecule has 2 aromatic carbocycles. The largest absolute Gasteiger partial charge is 0.487 e. The van der Waals surface area contributed by atoms with Gasteiger partial charge < -0.3 is 15.0 Å². The quantitative estimate of drug-likeness (QED) is 0.819. The molecule has 0 heterocycles. The molecule has 2 N–H and O–H groups in total. The van der Waals surface area contributed by atoms with Gasteiger partial charge in [-0.2, -0.15) is 0 Å². The van der Waals surface area contributed by atoms with Crippen molar-refractivity contribution in [3.05, 3.63) is 59.7 Å². The first-order valence-electron chi connectivity index (χ1n) is 7.91. The van der Waals surface area contributed by atoms with Crippen LogP contribution >= 0.6 is 0 Å². The molecule has 1 atom stereocenters. The molecule has 0 fully saturated rings. The number of likely N-dealkylation sites (N-methyl/N-ethyl adjacent to an activating group) is 1. The van der Waals surface area contributed by atoms with Crippen LogP contribution in [0.2, 0.25) is 0 Å². The fourth-order valence-electron chi connectivity index (χ4n) is 2.26. The molecule has 0 aliphatic carbocycles. The molecule has 0 radical (unpaired) electrons. The summed E-state index contributed by atoms with van der Waals surface area (Å²) in [5.41, 5.74) is 3.14. The van der Waals surface area contributed by atoms with E-state index in [1.807, 2.05) is 69.4 Å². The highest BCUT2D eigenvalue weighted by Gasteiger charge is 2.10. The number of carbonyl (C=O) groups is 1. The Morgan fingerprint density at radius 2 is 1.78 bits per heavy atom. The zero-order valence-electron chi connectivity index (χ0n) is 14.1. The van der Waals surface area contributed by atoms with Crippen molar-refractivity contribution < 1.29 is 14.4 Å². The second-order valence-electron chi connectivity index (χ2n) is 5.91. The average Bonchev–Trinajstić information content (AvgIpc) is 2.51. The fourth-order valence-corrected chi connectivity index (χ4v) is 2.26. The Kier molecular flexibility index (Phi) is 6.18. The third-order valence-corrected chi connectivity index (χ3v) is 3.68. The van der Waals surface area contributed by atoms with Crippen molar-refractivity contribution in [3.8, 4) is 5.75 Å². The van der Waals surface area contributed by atoms with Crippen LogP contribution in [-0.4, -0.2) is 32.7 Å². The summed E-state index contributed by atoms with van der Waals surface area (Å²) in [6.07, 6.45) is 0. The van der Waals surface area contributed by atoms with Gasteiger partial charge in [0.15, 0.2) is 6.54 Å². The van der Waals surface area contributed by atoms with Crippen LogP contribution in [0.25, 0.3) is 0 Å². The van der Waals surface area contributed by atoms with E-state index in [0.717, 1.165) is 28.4 Å². The highest BCUT2D eigenvalue weighted by molar-refractivity contribution is 5.91. The number of quaternary nitrogens is 1. The van der Waals surface area contributed by atoms with Gasteiger partial charge in [0.05, 0.1) is 7.05 Å². The van der Waals surface area contributed by atoms with Crippen LogP contribution in [0, 0.1) is 13.8 Å². The number of hydrogen-bond acceptors (Lipinski definition) is 2. The summed E-state index contributed by atoms with van der Waals surface area (Å²) >= 11 is 0. The summed E-state index contributed by atoms with van der Waals surface area (Å²) in [5, 5.41) is 2.92. The summed E-state index contributed by atoms with van der Waals surface area (Å²) in [6, 6.07) is 15.8. The van der Waals surface area contributed by atoms with E-state index in [2.05, 4.69) is 5.32 Å². The number of benzene rings is 2. The molecule has 0 spiro atoms. The number of carbonyl (C=O) groups excluding carboxylic acids is 1. The maximum atomic E-state index is 12.0. The highest BCUT2D eigenvalue weighted by atomic mass is 16.5. The average molecular weight is 313 g/mol. The molecule has 1 unspecified atom stereocenters. The monoisotopic (exact) mass is 313 g/mol. The van der Waals surface area contributed by atoms with E-state index >= 15 is 0 Å². The van der Waals surface area contributed by atoms with Gasteiger partial charge in [-0.1, -0.05) is 35.9 Å². The van der Waals surface area contributed by atoms with Crippen molar-refractivity contribution >= 4 is 11.6 Å². The zero-order valence-corrected chi connectivity index (χ0v) is 14.1. The Bertz CT molecular complexity index is 638. The van der Waals surface area contributed by atoms with Crippen molar-refractivity contribution in [2.24, 2.45) is 0 Å². The summed E-state index contributed by atoms with van der Waals surface area (Å²) < 4.78 is 5.77. The van der Waals surface area contributed by atoms with Crippen LogP contribution in [0.4, 0.5) is 5.69 Å². The molecule has 1 amide bonds. The lowest BCUT2D eigenvalue weighted by atomic mass is 10.2. The Morgan fingerprint density at radius 1 is 1.09 bits per heavy atom. The predicted molar refractivity (Wildman–Crippen MR) is 93.1 cm³/mol. The van der Waals surface area contributed by atoms with E-state index in [-0.39, 0.29) is 5.91 Å². The molecule has 4 heteroatoms. The van der Waals surface area contributed by atoms with Gasteiger partial charge in [-0.3, -0.25) is 4.79 Å². The smallest absolute Gasteiger partial charge is 0.279 e. The van der Waals surface area contributed by atoms with Crippen molar-refractivity contribution in [1.29, 1.82) is 0 Å². The minimum Gasteiger partial charge on any atom is -0.487 e. The summed E-state index contributed by atoms with van der Waals surface area (Å²) in [5.74, 6) is 0.923. The van der Waals surface area contributed by atoms with Crippen LogP contribution in [0.15, 0.2) is 48.5 Å². The van der Waals surface area contributed by atoms with E-state index in [1.165, 1.54) is 5.56 Å². The van der Waals surface area contributed by atoms with E-state index in [0.29, 0.717) is 13.2 Å². The van der Waals surface area contributed by atoms with Crippen LogP contribution in [0.3, 0.4) is 0 Å². The number of nitrogens with one attached hydrogen (secondary N) is 2. The Labute approximate surface area is 138 Å². The summed E-state index contributed by atoms with van der Waals surface area (Å²) in [6.45, 7) is 5.84. The maximum absolute atomic E-state index is 12.0. The molecular formula is C19H25N2O2+. The Morgan fingerprint density at radius 3 is 2.48 bits per heavy atom. The van der Waals surface area contributed by atoms with Crippen LogP contribution in [0.5, 0.6) is 5.75 Å². The fraction of sp³-hybridized carbons (Fsp3) is 0.316. The molecule has 0 aliphatic rings. The number of para-hydroxylation sites is 1. The molecule has 0 saturated heterocycles. The molecule has 122 valence electrons. The molecule has 0 aliphatic heterocycles. The molecule has 4 nitrogen and oxygen atoms in total. The van der Waals surface area contributed by atoms with Crippen LogP contribution in [0.1, 0.15) is 11.1 Å². The lowest BCUT2D eigenvalue weighted by molar-refractivity contribution is -0.871. The van der Waals surface area contributed by atoms with Gasteiger partial charge >= 0.3 is 0 Å². The second kappa shape index (κ2) is 8.34. The Balaban J connectivity index is 1.71. The molecule has 0 bridgehead atoms. The lowest BCUT2D eigenvalue weighted by Crippen LogP contribution is -3.10. The maximum Gasteiger partial charge on any atom is 0.279 e. The number of amides is 1. The molecule has 23 heavy (non-hydrogen) atoms. The molecule has 0 saturated carbocycles. The molecule has 2 aromatic rings. The Hall–Kier alpha value is -2.33. The topological polar surface area (TPSA) is 42.8 Å².